The van der Waals surface area contributed by atoms with Crippen molar-refractivity contribution in [3.8, 4) is 0 Å². The molecule has 0 fully saturated rings. The summed E-state index contributed by atoms with van der Waals surface area (Å²) in [6, 6.07) is 0. The van der Waals surface area contributed by atoms with Crippen LogP contribution in [0, 0.1) is 0 Å². The van der Waals surface area contributed by atoms with Gasteiger partial charge in [-0.3, -0.25) is 0 Å². The first-order valence-corrected chi connectivity index (χ1v) is 6.85. The molecule has 0 heterocycles. The summed E-state index contributed by atoms with van der Waals surface area (Å²) in [6.07, 6.45) is 11.3. The first-order valence-electron chi connectivity index (χ1n) is 6.85. The number of nitrogens with zero attached hydrogens (tertiary/aromatic N) is 1. The minimum atomic E-state index is 1.00. The van der Waals surface area contributed by atoms with Gasteiger partial charge in [-0.2, -0.15) is 0 Å². The lowest BCUT2D eigenvalue weighted by molar-refractivity contribution is 0.407. The highest BCUT2D eigenvalue weighted by atomic mass is 15.0. The van der Waals surface area contributed by atoms with E-state index in [0.717, 1.165) is 6.71 Å². The van der Waals surface area contributed by atoms with Gasteiger partial charge in [0.2, 0.25) is 0 Å². The first-order chi connectivity index (χ1) is 7.20. The van der Waals surface area contributed by atoms with Crippen molar-refractivity contribution in [2.45, 2.75) is 64.9 Å². The van der Waals surface area contributed by atoms with Crippen LogP contribution >= 0.6 is 0 Å². The summed E-state index contributed by atoms with van der Waals surface area (Å²) in [6.45, 7) is 6.87. The van der Waals surface area contributed by atoms with E-state index < -0.39 is 0 Å². The van der Waals surface area contributed by atoms with E-state index in [-0.39, 0.29) is 0 Å². The zero-order valence-corrected chi connectivity index (χ0v) is 11.4. The molecule has 0 aromatic heterocycles. The van der Waals surface area contributed by atoms with Crippen molar-refractivity contribution in [3.63, 3.8) is 0 Å². The normalized spacial score (nSPS) is 11.0. The Bertz CT molecular complexity index is 118. The predicted molar refractivity (Wildman–Crippen MR) is 73.2 cm³/mol. The summed E-state index contributed by atoms with van der Waals surface area (Å²) < 4.78 is 0. The second kappa shape index (κ2) is 10.5. The molecular weight excluding hydrogens is 181 g/mol. The Kier molecular flexibility index (Phi) is 10.6. The Morgan fingerprint density at radius 1 is 0.800 bits per heavy atom. The van der Waals surface area contributed by atoms with Crippen LogP contribution in [0.3, 0.4) is 0 Å². The van der Waals surface area contributed by atoms with Gasteiger partial charge in [0, 0.05) is 0 Å². The molecule has 2 heteroatoms. The summed E-state index contributed by atoms with van der Waals surface area (Å²) in [5.41, 5.74) is 0. The third-order valence-electron chi connectivity index (χ3n) is 3.15. The van der Waals surface area contributed by atoms with Crippen LogP contribution in [0.15, 0.2) is 0 Å². The van der Waals surface area contributed by atoms with Crippen LogP contribution in [-0.4, -0.2) is 32.3 Å². The molecule has 0 saturated carbocycles. The fourth-order valence-electron chi connectivity index (χ4n) is 2.11. The fourth-order valence-corrected chi connectivity index (χ4v) is 2.11. The third kappa shape index (κ3) is 10.3. The van der Waals surface area contributed by atoms with Gasteiger partial charge in [-0.15, -0.1) is 0 Å². The van der Waals surface area contributed by atoms with Crippen LogP contribution in [0.4, 0.5) is 0 Å². The van der Waals surface area contributed by atoms with Gasteiger partial charge in [0.1, 0.15) is 6.71 Å². The zero-order chi connectivity index (χ0) is 11.5. The third-order valence-corrected chi connectivity index (χ3v) is 3.15. The monoisotopic (exact) mass is 211 g/mol. The molecule has 0 aliphatic carbocycles. The van der Waals surface area contributed by atoms with Crippen molar-refractivity contribution in [2.75, 3.05) is 20.6 Å². The van der Waals surface area contributed by atoms with E-state index in [4.69, 9.17) is 0 Å². The largest absolute Gasteiger partial charge is 0.309 e. The maximum atomic E-state index is 2.30. The molecule has 0 rings (SSSR count). The highest BCUT2D eigenvalue weighted by Gasteiger charge is 2.11. The Morgan fingerprint density at radius 2 is 1.27 bits per heavy atom. The molecule has 0 unspecified atom stereocenters. The number of hydrogen-bond acceptors (Lipinski definition) is 1. The lowest BCUT2D eigenvalue weighted by Gasteiger charge is -2.14. The minimum absolute atomic E-state index is 1.00. The molecule has 0 saturated heterocycles. The molecule has 0 aliphatic rings. The highest BCUT2D eigenvalue weighted by Crippen LogP contribution is 2.15. The molecule has 0 atom stereocenters. The van der Waals surface area contributed by atoms with Crippen LogP contribution in [0.2, 0.25) is 19.0 Å². The van der Waals surface area contributed by atoms with Crippen molar-refractivity contribution in [3.05, 3.63) is 0 Å². The molecule has 0 radical (unpaired) electrons. The van der Waals surface area contributed by atoms with Crippen molar-refractivity contribution in [1.29, 1.82) is 0 Å². The van der Waals surface area contributed by atoms with Gasteiger partial charge in [0.05, 0.1) is 0 Å². The molecule has 1 nitrogen and oxygen atoms in total. The molecular formula is C13H30BN. The molecule has 0 aromatic rings. The Hall–Kier alpha value is 0.0249. The van der Waals surface area contributed by atoms with Gasteiger partial charge < -0.3 is 4.90 Å². The summed E-state index contributed by atoms with van der Waals surface area (Å²) in [5.74, 6) is 0. The lowest BCUT2D eigenvalue weighted by atomic mass is 9.41. The molecule has 0 aromatic carbocycles. The van der Waals surface area contributed by atoms with Crippen LogP contribution in [0.1, 0.15) is 46.0 Å². The Balaban J connectivity index is 3.58. The molecule has 0 spiro atoms. The molecule has 0 bridgehead atoms. The van der Waals surface area contributed by atoms with Crippen LogP contribution in [0.5, 0.6) is 0 Å². The second-order valence-electron chi connectivity index (χ2n) is 5.10. The Labute approximate surface area is 97.7 Å². The van der Waals surface area contributed by atoms with Gasteiger partial charge >= 0.3 is 0 Å². The molecule has 0 amide bonds. The van der Waals surface area contributed by atoms with E-state index in [0.29, 0.717) is 0 Å². The van der Waals surface area contributed by atoms with Crippen LogP contribution < -0.4 is 0 Å². The average molecular weight is 211 g/mol. The maximum absolute atomic E-state index is 2.30. The molecule has 15 heavy (non-hydrogen) atoms. The van der Waals surface area contributed by atoms with E-state index in [2.05, 4.69) is 32.8 Å². The fraction of sp³-hybridized carbons (Fsp3) is 1.00. The van der Waals surface area contributed by atoms with E-state index in [1.807, 2.05) is 0 Å². The van der Waals surface area contributed by atoms with Crippen molar-refractivity contribution < 1.29 is 0 Å². The van der Waals surface area contributed by atoms with Crippen LogP contribution in [0.25, 0.3) is 0 Å². The number of hydrogen-bond donors (Lipinski definition) is 0. The van der Waals surface area contributed by atoms with Gasteiger partial charge in [-0.25, -0.2) is 0 Å². The quantitative estimate of drug-likeness (QED) is 0.493. The summed E-state index contributed by atoms with van der Waals surface area (Å²) >= 11 is 0. The first kappa shape index (κ1) is 15.0. The summed E-state index contributed by atoms with van der Waals surface area (Å²) in [5, 5.41) is 0. The summed E-state index contributed by atoms with van der Waals surface area (Å²) in [7, 11) is 4.35. The topological polar surface area (TPSA) is 3.24 Å². The minimum Gasteiger partial charge on any atom is -0.309 e. The standard InChI is InChI=1S/C13H30BN/c1-5-7-10-14(11-8-6-2)12-9-13-15(3)4/h5-13H2,1-4H3. The van der Waals surface area contributed by atoms with Gasteiger partial charge in [0.25, 0.3) is 0 Å². The SMILES string of the molecule is CCCCB(CCCC)CCCN(C)C. The van der Waals surface area contributed by atoms with Crippen molar-refractivity contribution in [2.24, 2.45) is 0 Å². The predicted octanol–water partition coefficient (Wildman–Crippen LogP) is 4.03. The van der Waals surface area contributed by atoms with Gasteiger partial charge in [-0.05, 0) is 27.1 Å². The van der Waals surface area contributed by atoms with Crippen molar-refractivity contribution >= 4 is 6.71 Å². The smallest absolute Gasteiger partial charge is 0.139 e. The lowest BCUT2D eigenvalue weighted by Crippen LogP contribution is -2.17. The van der Waals surface area contributed by atoms with Gasteiger partial charge in [-0.1, -0.05) is 58.5 Å². The van der Waals surface area contributed by atoms with Crippen LogP contribution in [-0.2, 0) is 0 Å². The number of rotatable bonds is 10. The second-order valence-corrected chi connectivity index (χ2v) is 5.10. The van der Waals surface area contributed by atoms with E-state index in [9.17, 15) is 0 Å². The summed E-state index contributed by atoms with van der Waals surface area (Å²) in [4.78, 5) is 2.30. The highest BCUT2D eigenvalue weighted by molar-refractivity contribution is 6.58. The molecule has 90 valence electrons. The van der Waals surface area contributed by atoms with E-state index in [1.54, 1.807) is 0 Å². The Morgan fingerprint density at radius 3 is 1.67 bits per heavy atom. The van der Waals surface area contributed by atoms with Gasteiger partial charge in [0.15, 0.2) is 0 Å². The van der Waals surface area contributed by atoms with E-state index in [1.165, 1.54) is 57.6 Å². The maximum Gasteiger partial charge on any atom is 0.139 e. The zero-order valence-electron chi connectivity index (χ0n) is 11.4. The van der Waals surface area contributed by atoms with Crippen molar-refractivity contribution in [1.82, 2.24) is 4.90 Å². The van der Waals surface area contributed by atoms with E-state index >= 15 is 0 Å². The molecule has 0 aliphatic heterocycles. The average Bonchev–Trinajstić information content (AvgIpc) is 2.20. The number of unbranched alkanes of at least 4 members (excludes halogenated alkanes) is 2. The molecule has 0 N–H and O–H groups in total.